The van der Waals surface area contributed by atoms with Crippen LogP contribution in [-0.4, -0.2) is 15.1 Å². The highest BCUT2D eigenvalue weighted by atomic mass is 32.2. The van der Waals surface area contributed by atoms with Crippen LogP contribution < -0.4 is 5.49 Å². The van der Waals surface area contributed by atoms with Gasteiger partial charge < -0.3 is 4.57 Å². The van der Waals surface area contributed by atoms with Crippen LogP contribution in [0.3, 0.4) is 0 Å². The molecule has 1 aromatic rings. The first-order chi connectivity index (χ1) is 6.15. The molecule has 4 heteroatoms. The van der Waals surface area contributed by atoms with Gasteiger partial charge in [-0.05, 0) is 24.8 Å². The lowest BCUT2D eigenvalue weighted by Gasteiger charge is -2.01. The van der Waals surface area contributed by atoms with Gasteiger partial charge in [0.05, 0.1) is 0 Å². The number of aromatic nitrogens is 1. The molecule has 1 aromatic heterocycles. The maximum atomic E-state index is 5.04. The van der Waals surface area contributed by atoms with Crippen LogP contribution in [0.1, 0.15) is 5.56 Å². The summed E-state index contributed by atoms with van der Waals surface area (Å²) in [5.74, 6) is 0. The standard InChI is InChI=1S/C9H12N2S2/c1-7-5-4-6-11(2)8(7)10-9(12)13-3/h4-6H,1-3H3. The molecular formula is C9H12N2S2. The second-order valence-corrected chi connectivity index (χ2v) is 4.15. The average Bonchev–Trinajstić information content (AvgIpc) is 2.11. The highest BCUT2D eigenvalue weighted by Gasteiger charge is 1.94. The number of rotatable bonds is 0. The highest BCUT2D eigenvalue weighted by molar-refractivity contribution is 8.22. The number of aryl methyl sites for hydroxylation is 2. The molecule has 0 fully saturated rings. The summed E-state index contributed by atoms with van der Waals surface area (Å²) in [6.07, 6.45) is 3.90. The molecule has 0 bridgehead atoms. The number of hydrogen-bond acceptors (Lipinski definition) is 2. The summed E-state index contributed by atoms with van der Waals surface area (Å²) in [7, 11) is 1.97. The third-order valence-electron chi connectivity index (χ3n) is 1.71. The molecule has 0 unspecified atom stereocenters. The van der Waals surface area contributed by atoms with Gasteiger partial charge in [0.2, 0.25) is 0 Å². The fourth-order valence-electron chi connectivity index (χ4n) is 1.04. The van der Waals surface area contributed by atoms with Crippen LogP contribution in [-0.2, 0) is 7.05 Å². The van der Waals surface area contributed by atoms with E-state index in [0.29, 0.717) is 4.32 Å². The zero-order valence-corrected chi connectivity index (χ0v) is 9.58. The predicted molar refractivity (Wildman–Crippen MR) is 61.8 cm³/mol. The van der Waals surface area contributed by atoms with Gasteiger partial charge in [-0.25, -0.2) is 4.99 Å². The lowest BCUT2D eigenvalue weighted by Crippen LogP contribution is -2.20. The Kier molecular flexibility index (Phi) is 3.69. The van der Waals surface area contributed by atoms with Gasteiger partial charge in [0.1, 0.15) is 5.49 Å². The van der Waals surface area contributed by atoms with Crippen molar-refractivity contribution in [2.45, 2.75) is 6.92 Å². The Morgan fingerprint density at radius 2 is 2.31 bits per heavy atom. The molecule has 0 saturated carbocycles. The topological polar surface area (TPSA) is 17.3 Å². The van der Waals surface area contributed by atoms with E-state index in [4.69, 9.17) is 12.2 Å². The molecule has 0 aliphatic rings. The maximum Gasteiger partial charge on any atom is 0.161 e. The fourth-order valence-corrected chi connectivity index (χ4v) is 1.30. The lowest BCUT2D eigenvalue weighted by atomic mass is 10.3. The van der Waals surface area contributed by atoms with E-state index in [1.165, 1.54) is 11.8 Å². The van der Waals surface area contributed by atoms with Crippen molar-refractivity contribution in [3.05, 3.63) is 29.4 Å². The minimum atomic E-state index is 0.671. The van der Waals surface area contributed by atoms with E-state index >= 15 is 0 Å². The molecule has 0 N–H and O–H groups in total. The first-order valence-electron chi connectivity index (χ1n) is 3.90. The van der Waals surface area contributed by atoms with Crippen molar-refractivity contribution in [3.63, 3.8) is 0 Å². The third-order valence-corrected chi connectivity index (χ3v) is 2.75. The fraction of sp³-hybridized carbons (Fsp3) is 0.333. The molecular weight excluding hydrogens is 200 g/mol. The molecule has 2 nitrogen and oxygen atoms in total. The Morgan fingerprint density at radius 3 is 2.85 bits per heavy atom. The number of pyridine rings is 1. The van der Waals surface area contributed by atoms with E-state index in [1.807, 2.05) is 43.1 Å². The summed E-state index contributed by atoms with van der Waals surface area (Å²) in [5.41, 5.74) is 2.07. The Bertz CT molecular complexity index is 356. The summed E-state index contributed by atoms with van der Waals surface area (Å²) in [5, 5.41) is 0. The molecule has 0 aromatic carbocycles. The van der Waals surface area contributed by atoms with E-state index < -0.39 is 0 Å². The Morgan fingerprint density at radius 1 is 1.62 bits per heavy atom. The van der Waals surface area contributed by atoms with Gasteiger partial charge in [-0.15, -0.1) is 0 Å². The van der Waals surface area contributed by atoms with Crippen LogP contribution in [0, 0.1) is 6.92 Å². The van der Waals surface area contributed by atoms with Crippen LogP contribution in [0.25, 0.3) is 0 Å². The van der Waals surface area contributed by atoms with Gasteiger partial charge in [-0.3, -0.25) is 0 Å². The van der Waals surface area contributed by atoms with Gasteiger partial charge in [0.15, 0.2) is 4.32 Å². The van der Waals surface area contributed by atoms with E-state index in [9.17, 15) is 0 Å². The third kappa shape index (κ3) is 2.67. The first-order valence-corrected chi connectivity index (χ1v) is 5.53. The van der Waals surface area contributed by atoms with Gasteiger partial charge in [0, 0.05) is 13.2 Å². The molecule has 0 amide bonds. The molecule has 1 rings (SSSR count). The van der Waals surface area contributed by atoms with E-state index in [2.05, 4.69) is 4.99 Å². The maximum absolute atomic E-state index is 5.04. The smallest absolute Gasteiger partial charge is 0.161 e. The van der Waals surface area contributed by atoms with Gasteiger partial charge in [0.25, 0.3) is 0 Å². The zero-order valence-electron chi connectivity index (χ0n) is 7.94. The van der Waals surface area contributed by atoms with Crippen LogP contribution >= 0.6 is 24.0 Å². The van der Waals surface area contributed by atoms with Gasteiger partial charge >= 0.3 is 0 Å². The summed E-state index contributed by atoms with van der Waals surface area (Å²) in [6, 6.07) is 4.03. The Hall–Kier alpha value is -0.610. The van der Waals surface area contributed by atoms with Crippen molar-refractivity contribution >= 4 is 28.3 Å². The van der Waals surface area contributed by atoms with Crippen LogP contribution in [0.2, 0.25) is 0 Å². The molecule has 0 aliphatic carbocycles. The van der Waals surface area contributed by atoms with Crippen LogP contribution in [0.4, 0.5) is 0 Å². The van der Waals surface area contributed by atoms with Gasteiger partial charge in [-0.2, -0.15) is 0 Å². The van der Waals surface area contributed by atoms with Crippen molar-refractivity contribution in [2.24, 2.45) is 12.0 Å². The van der Waals surface area contributed by atoms with Crippen molar-refractivity contribution in [1.29, 1.82) is 0 Å². The molecule has 0 atom stereocenters. The molecule has 0 radical (unpaired) electrons. The SMILES string of the molecule is CSC(=S)N=c1c(C)cccn1C. The zero-order chi connectivity index (χ0) is 9.84. The number of thioether (sulfide) groups is 1. The minimum absolute atomic E-state index is 0.671. The molecule has 0 aliphatic heterocycles. The van der Waals surface area contributed by atoms with E-state index in [-0.39, 0.29) is 0 Å². The quantitative estimate of drug-likeness (QED) is 0.611. The molecule has 13 heavy (non-hydrogen) atoms. The van der Waals surface area contributed by atoms with E-state index in [1.54, 1.807) is 0 Å². The normalized spacial score (nSPS) is 11.8. The number of nitrogens with zero attached hydrogens (tertiary/aromatic N) is 2. The summed E-state index contributed by atoms with van der Waals surface area (Å²) < 4.78 is 2.64. The molecule has 0 saturated heterocycles. The van der Waals surface area contributed by atoms with Crippen molar-refractivity contribution in [2.75, 3.05) is 6.26 Å². The Labute approximate surface area is 87.7 Å². The van der Waals surface area contributed by atoms with E-state index in [0.717, 1.165) is 11.1 Å². The van der Waals surface area contributed by atoms with Gasteiger partial charge in [-0.1, -0.05) is 30.0 Å². The molecule has 0 spiro atoms. The van der Waals surface area contributed by atoms with Crippen LogP contribution in [0.5, 0.6) is 0 Å². The van der Waals surface area contributed by atoms with Crippen LogP contribution in [0.15, 0.2) is 23.3 Å². The number of hydrogen-bond donors (Lipinski definition) is 0. The second kappa shape index (κ2) is 4.58. The average molecular weight is 212 g/mol. The van der Waals surface area contributed by atoms with Crippen molar-refractivity contribution in [3.8, 4) is 0 Å². The summed E-state index contributed by atoms with van der Waals surface area (Å²) >= 11 is 6.53. The second-order valence-electron chi connectivity index (χ2n) is 2.71. The number of thiocarbonyl (C=S) groups is 1. The Balaban J connectivity index is 3.27. The minimum Gasteiger partial charge on any atom is -0.336 e. The van der Waals surface area contributed by atoms with Crippen molar-refractivity contribution < 1.29 is 0 Å². The lowest BCUT2D eigenvalue weighted by molar-refractivity contribution is 0.828. The van der Waals surface area contributed by atoms with Crippen molar-refractivity contribution in [1.82, 2.24) is 4.57 Å². The largest absolute Gasteiger partial charge is 0.336 e. The predicted octanol–water partition coefficient (Wildman–Crippen LogP) is 1.88. The summed E-state index contributed by atoms with van der Waals surface area (Å²) in [6.45, 7) is 2.03. The summed E-state index contributed by atoms with van der Waals surface area (Å²) in [4.78, 5) is 4.33. The molecule has 1 heterocycles. The monoisotopic (exact) mass is 212 g/mol. The first kappa shape index (κ1) is 10.5. The molecule has 70 valence electrons. The highest BCUT2D eigenvalue weighted by Crippen LogP contribution is 1.98.